The molecule has 0 unspecified atom stereocenters. The molecule has 0 aliphatic heterocycles. The van der Waals surface area contributed by atoms with Crippen LogP contribution in [0.4, 0.5) is 0 Å². The first kappa shape index (κ1) is 44.3. The summed E-state index contributed by atoms with van der Waals surface area (Å²) in [6.45, 7) is 11.2. The lowest BCUT2D eigenvalue weighted by Gasteiger charge is -2.24. The third-order valence-electron chi connectivity index (χ3n) is 10.3. The molecule has 4 aromatic carbocycles. The first-order valence-electron chi connectivity index (χ1n) is 20.7. The van der Waals surface area contributed by atoms with Crippen LogP contribution < -0.4 is 18.9 Å². The highest BCUT2D eigenvalue weighted by Crippen LogP contribution is 2.41. The SMILES string of the molecule is CCCCOc1c2cc(CCl)cc1Cc1cc(CCl)cc(c1OCCCC)Cc1cc(CCl)cc(c1OCCCC)Cc1cc(CCl)cc(c1OCCCC)C2. The fourth-order valence-corrected chi connectivity index (χ4v) is 8.12. The van der Waals surface area contributed by atoms with Gasteiger partial charge in [-0.05, 0) is 92.4 Å². The zero-order chi connectivity index (χ0) is 39.9. The summed E-state index contributed by atoms with van der Waals surface area (Å²) in [5.74, 6) is 5.13. The van der Waals surface area contributed by atoms with Gasteiger partial charge in [0.15, 0.2) is 0 Å². The van der Waals surface area contributed by atoms with E-state index in [2.05, 4.69) is 76.2 Å². The van der Waals surface area contributed by atoms with Crippen molar-refractivity contribution < 1.29 is 18.9 Å². The van der Waals surface area contributed by atoms with E-state index in [1.807, 2.05) is 0 Å². The zero-order valence-electron chi connectivity index (χ0n) is 33.9. The fraction of sp³-hybridized carbons (Fsp3) is 0.500. The summed E-state index contributed by atoms with van der Waals surface area (Å²) in [4.78, 5) is 0. The van der Waals surface area contributed by atoms with Crippen molar-refractivity contribution in [2.75, 3.05) is 26.4 Å². The summed E-state index contributed by atoms with van der Waals surface area (Å²) < 4.78 is 27.2. The second-order valence-electron chi connectivity index (χ2n) is 15.0. The van der Waals surface area contributed by atoms with E-state index in [0.717, 1.165) is 141 Å². The highest BCUT2D eigenvalue weighted by atomic mass is 35.5. The minimum Gasteiger partial charge on any atom is -0.493 e. The Labute approximate surface area is 356 Å². The molecule has 8 heteroatoms. The lowest BCUT2D eigenvalue weighted by Crippen LogP contribution is -2.12. The van der Waals surface area contributed by atoms with Gasteiger partial charge in [-0.25, -0.2) is 0 Å². The van der Waals surface area contributed by atoms with Gasteiger partial charge in [-0.1, -0.05) is 102 Å². The molecule has 1 aliphatic rings. The molecular weight excluding hydrogens is 782 g/mol. The first-order valence-corrected chi connectivity index (χ1v) is 22.9. The van der Waals surface area contributed by atoms with E-state index in [1.165, 1.54) is 0 Å². The molecule has 0 saturated carbocycles. The van der Waals surface area contributed by atoms with E-state index in [0.29, 0.717) is 75.6 Å². The molecule has 0 saturated heterocycles. The molecule has 0 aromatic heterocycles. The molecule has 304 valence electrons. The predicted molar refractivity (Wildman–Crippen MR) is 237 cm³/mol. The van der Waals surface area contributed by atoms with Gasteiger partial charge in [0.25, 0.3) is 0 Å². The van der Waals surface area contributed by atoms with Crippen LogP contribution >= 0.6 is 46.4 Å². The van der Waals surface area contributed by atoms with E-state index in [-0.39, 0.29) is 0 Å². The molecule has 1 aliphatic carbocycles. The van der Waals surface area contributed by atoms with Gasteiger partial charge in [0.2, 0.25) is 0 Å². The van der Waals surface area contributed by atoms with Gasteiger partial charge >= 0.3 is 0 Å². The van der Waals surface area contributed by atoms with Gasteiger partial charge in [-0.3, -0.25) is 0 Å². The van der Waals surface area contributed by atoms with Crippen LogP contribution in [0.25, 0.3) is 0 Å². The van der Waals surface area contributed by atoms with Crippen LogP contribution in [-0.2, 0) is 49.2 Å². The number of hydrogen-bond donors (Lipinski definition) is 0. The van der Waals surface area contributed by atoms with Crippen LogP contribution in [0.15, 0.2) is 48.5 Å². The number of unbranched alkanes of at least 4 members (excludes halogenated alkanes) is 4. The third kappa shape index (κ3) is 11.7. The normalized spacial score (nSPS) is 12.4. The van der Waals surface area contributed by atoms with Gasteiger partial charge in [-0.15, -0.1) is 46.4 Å². The van der Waals surface area contributed by atoms with E-state index >= 15 is 0 Å². The standard InChI is InChI=1S/C48H60Cl4O4/c1-5-9-13-53-45-37-17-33(29-49)18-38(45)26-40-20-35(31-51)22-42(47(40)55-15-11-7-3)28-44-24-36(32-52)23-43(48(44)56-16-12-8-4)27-41-21-34(30-50)19-39(25-37)46(41)54-14-10-6-2/h17-24H,5-16,25-32H2,1-4H3. The molecule has 0 radical (unpaired) electrons. The highest BCUT2D eigenvalue weighted by Gasteiger charge is 2.24. The van der Waals surface area contributed by atoms with E-state index in [9.17, 15) is 0 Å². The van der Waals surface area contributed by atoms with Crippen LogP contribution in [0.5, 0.6) is 23.0 Å². The fourth-order valence-electron chi connectivity index (χ4n) is 7.50. The van der Waals surface area contributed by atoms with Crippen LogP contribution in [-0.4, -0.2) is 26.4 Å². The maximum atomic E-state index is 6.80. The van der Waals surface area contributed by atoms with Crippen molar-refractivity contribution in [1.29, 1.82) is 0 Å². The number of hydrogen-bond acceptors (Lipinski definition) is 4. The number of alkyl halides is 4. The quantitative estimate of drug-likeness (QED) is 0.0578. The molecule has 4 aromatic rings. The van der Waals surface area contributed by atoms with Crippen molar-refractivity contribution in [3.63, 3.8) is 0 Å². The topological polar surface area (TPSA) is 36.9 Å². The Kier molecular flexibility index (Phi) is 18.2. The molecule has 0 heterocycles. The Morgan fingerprint density at radius 3 is 0.661 bits per heavy atom. The van der Waals surface area contributed by atoms with Crippen molar-refractivity contribution in [2.24, 2.45) is 0 Å². The van der Waals surface area contributed by atoms with Crippen LogP contribution in [0.1, 0.15) is 146 Å². The second-order valence-corrected chi connectivity index (χ2v) is 16.1. The summed E-state index contributed by atoms with van der Waals surface area (Å²) in [7, 11) is 0. The largest absolute Gasteiger partial charge is 0.493 e. The Morgan fingerprint density at radius 2 is 0.518 bits per heavy atom. The minimum atomic E-state index is 0.382. The maximum absolute atomic E-state index is 6.80. The molecule has 0 N–H and O–H groups in total. The van der Waals surface area contributed by atoms with E-state index < -0.39 is 0 Å². The summed E-state index contributed by atoms with van der Waals surface area (Å²) in [6.07, 6.45) is 10.3. The predicted octanol–water partition coefficient (Wildman–Crippen LogP) is 14.0. The lowest BCUT2D eigenvalue weighted by atomic mass is 9.88. The number of rotatable bonds is 20. The molecular formula is C48H60Cl4O4. The molecule has 0 amide bonds. The number of halogens is 4. The van der Waals surface area contributed by atoms with Crippen LogP contribution in [0, 0.1) is 0 Å². The Hall–Kier alpha value is -2.76. The summed E-state index contributed by atoms with van der Waals surface area (Å²) >= 11 is 26.7. The van der Waals surface area contributed by atoms with Crippen molar-refractivity contribution >= 4 is 46.4 Å². The Balaban J connectivity index is 1.87. The average molecular weight is 843 g/mol. The van der Waals surface area contributed by atoms with Gasteiger partial charge in [-0.2, -0.15) is 0 Å². The van der Waals surface area contributed by atoms with Gasteiger partial charge in [0, 0.05) is 49.2 Å². The molecule has 5 rings (SSSR count). The van der Waals surface area contributed by atoms with Crippen molar-refractivity contribution in [3.8, 4) is 23.0 Å². The van der Waals surface area contributed by atoms with Crippen LogP contribution in [0.2, 0.25) is 0 Å². The van der Waals surface area contributed by atoms with Crippen molar-refractivity contribution in [3.05, 3.63) is 115 Å². The van der Waals surface area contributed by atoms with E-state index in [4.69, 9.17) is 65.4 Å². The number of fused-ring (bicyclic) bond motifs is 8. The zero-order valence-corrected chi connectivity index (χ0v) is 36.9. The maximum Gasteiger partial charge on any atom is 0.126 e. The third-order valence-corrected chi connectivity index (χ3v) is 11.6. The molecule has 4 nitrogen and oxygen atoms in total. The number of benzene rings is 4. The molecule has 0 atom stereocenters. The molecule has 56 heavy (non-hydrogen) atoms. The van der Waals surface area contributed by atoms with Crippen molar-refractivity contribution in [1.82, 2.24) is 0 Å². The van der Waals surface area contributed by atoms with Gasteiger partial charge in [0.05, 0.1) is 26.4 Å². The summed E-state index contributed by atoms with van der Waals surface area (Å²) in [5, 5.41) is 0. The monoisotopic (exact) mass is 840 g/mol. The summed E-state index contributed by atoms with van der Waals surface area (Å²) in [5.41, 5.74) is 12.8. The molecule has 8 bridgehead atoms. The molecule has 0 spiro atoms. The number of ether oxygens (including phenoxy) is 4. The Morgan fingerprint density at radius 1 is 0.339 bits per heavy atom. The second kappa shape index (κ2) is 23.0. The summed E-state index contributed by atoms with van der Waals surface area (Å²) in [6, 6.07) is 17.7. The lowest BCUT2D eigenvalue weighted by molar-refractivity contribution is 0.297. The first-order chi connectivity index (χ1) is 27.4. The molecule has 0 fully saturated rings. The Bertz CT molecular complexity index is 1510. The van der Waals surface area contributed by atoms with Crippen molar-refractivity contribution in [2.45, 2.75) is 128 Å². The van der Waals surface area contributed by atoms with E-state index in [1.54, 1.807) is 0 Å². The van der Waals surface area contributed by atoms with Crippen LogP contribution in [0.3, 0.4) is 0 Å². The average Bonchev–Trinajstić information content (AvgIpc) is 3.20. The minimum absolute atomic E-state index is 0.382. The highest BCUT2D eigenvalue weighted by molar-refractivity contribution is 6.17. The smallest absolute Gasteiger partial charge is 0.126 e. The van der Waals surface area contributed by atoms with Gasteiger partial charge < -0.3 is 18.9 Å². The van der Waals surface area contributed by atoms with Gasteiger partial charge in [0.1, 0.15) is 23.0 Å².